The van der Waals surface area contributed by atoms with Crippen LogP contribution in [0.25, 0.3) is 11.3 Å². The smallest absolute Gasteiger partial charge is 0.0935 e. The molecular formula is C14H17BrN2S. The summed E-state index contributed by atoms with van der Waals surface area (Å²) in [7, 11) is 0. The number of halogens is 1. The average molecular weight is 325 g/mol. The van der Waals surface area contributed by atoms with Crippen LogP contribution in [-0.4, -0.2) is 11.5 Å². The number of rotatable bonds is 5. The lowest BCUT2D eigenvalue weighted by atomic mass is 10.1. The SMILES string of the molecule is CC(CCN)Cc1nc(-c2ccc(Br)cc2)cs1. The standard InChI is InChI=1S/C14H17BrN2S/c1-10(6-7-16)8-14-17-13(9-18-14)11-2-4-12(15)5-3-11/h2-5,9-10H,6-8,16H2,1H3. The van der Waals surface area contributed by atoms with Gasteiger partial charge in [0.05, 0.1) is 10.7 Å². The van der Waals surface area contributed by atoms with E-state index in [1.807, 2.05) is 12.1 Å². The quantitative estimate of drug-likeness (QED) is 0.899. The zero-order chi connectivity index (χ0) is 13.0. The second-order valence-corrected chi connectivity index (χ2v) is 6.38. The van der Waals surface area contributed by atoms with E-state index in [1.165, 1.54) is 10.6 Å². The minimum Gasteiger partial charge on any atom is -0.330 e. The molecule has 1 heterocycles. The highest BCUT2D eigenvalue weighted by atomic mass is 79.9. The summed E-state index contributed by atoms with van der Waals surface area (Å²) in [6.45, 7) is 2.99. The number of nitrogens with two attached hydrogens (primary N) is 1. The lowest BCUT2D eigenvalue weighted by molar-refractivity contribution is 0.537. The van der Waals surface area contributed by atoms with Gasteiger partial charge < -0.3 is 5.73 Å². The summed E-state index contributed by atoms with van der Waals surface area (Å²) >= 11 is 5.18. The molecule has 0 saturated heterocycles. The fourth-order valence-electron chi connectivity index (χ4n) is 1.84. The molecule has 2 rings (SSSR count). The van der Waals surface area contributed by atoms with Crippen LogP contribution < -0.4 is 5.73 Å². The van der Waals surface area contributed by atoms with Gasteiger partial charge in [-0.3, -0.25) is 0 Å². The maximum absolute atomic E-state index is 5.57. The number of hydrogen-bond donors (Lipinski definition) is 1. The molecule has 2 aromatic rings. The Hall–Kier alpha value is -0.710. The van der Waals surface area contributed by atoms with Crippen LogP contribution in [0.2, 0.25) is 0 Å². The van der Waals surface area contributed by atoms with Crippen molar-refractivity contribution in [2.75, 3.05) is 6.54 Å². The summed E-state index contributed by atoms with van der Waals surface area (Å²) in [5.41, 5.74) is 7.82. The van der Waals surface area contributed by atoms with Gasteiger partial charge in [-0.1, -0.05) is 35.0 Å². The van der Waals surface area contributed by atoms with Gasteiger partial charge in [0.1, 0.15) is 0 Å². The van der Waals surface area contributed by atoms with Gasteiger partial charge in [-0.2, -0.15) is 0 Å². The molecule has 0 bridgehead atoms. The molecular weight excluding hydrogens is 308 g/mol. The summed E-state index contributed by atoms with van der Waals surface area (Å²) in [5.74, 6) is 0.610. The molecule has 0 spiro atoms. The number of benzene rings is 1. The van der Waals surface area contributed by atoms with Gasteiger partial charge in [0.25, 0.3) is 0 Å². The van der Waals surface area contributed by atoms with Crippen LogP contribution in [0.5, 0.6) is 0 Å². The van der Waals surface area contributed by atoms with Crippen molar-refractivity contribution in [1.29, 1.82) is 0 Å². The first-order valence-electron chi connectivity index (χ1n) is 6.09. The minimum absolute atomic E-state index is 0.610. The van der Waals surface area contributed by atoms with Crippen molar-refractivity contribution in [3.05, 3.63) is 39.1 Å². The Labute approximate surface area is 120 Å². The first-order valence-corrected chi connectivity index (χ1v) is 7.76. The Morgan fingerprint density at radius 2 is 2.06 bits per heavy atom. The van der Waals surface area contributed by atoms with Crippen molar-refractivity contribution in [2.45, 2.75) is 19.8 Å². The van der Waals surface area contributed by atoms with Crippen LogP contribution >= 0.6 is 27.3 Å². The first kappa shape index (κ1) is 13.7. The van der Waals surface area contributed by atoms with E-state index in [2.05, 4.69) is 40.4 Å². The van der Waals surface area contributed by atoms with Crippen LogP contribution in [-0.2, 0) is 6.42 Å². The van der Waals surface area contributed by atoms with Gasteiger partial charge in [0.2, 0.25) is 0 Å². The van der Waals surface area contributed by atoms with E-state index in [9.17, 15) is 0 Å². The fraction of sp³-hybridized carbons (Fsp3) is 0.357. The van der Waals surface area contributed by atoms with Crippen LogP contribution in [0.4, 0.5) is 0 Å². The molecule has 1 aromatic heterocycles. The van der Waals surface area contributed by atoms with E-state index in [4.69, 9.17) is 10.7 Å². The van der Waals surface area contributed by atoms with E-state index in [-0.39, 0.29) is 0 Å². The van der Waals surface area contributed by atoms with Crippen molar-refractivity contribution < 1.29 is 0 Å². The fourth-order valence-corrected chi connectivity index (χ4v) is 3.08. The van der Waals surface area contributed by atoms with Crippen molar-refractivity contribution in [3.63, 3.8) is 0 Å². The largest absolute Gasteiger partial charge is 0.330 e. The molecule has 1 unspecified atom stereocenters. The summed E-state index contributed by atoms with van der Waals surface area (Å²) < 4.78 is 1.10. The number of thiazole rings is 1. The third kappa shape index (κ3) is 3.64. The number of nitrogens with zero attached hydrogens (tertiary/aromatic N) is 1. The summed E-state index contributed by atoms with van der Waals surface area (Å²) in [4.78, 5) is 4.69. The predicted octanol–water partition coefficient (Wildman–Crippen LogP) is 4.10. The van der Waals surface area contributed by atoms with Crippen LogP contribution in [0, 0.1) is 5.92 Å². The maximum atomic E-state index is 5.57. The first-order chi connectivity index (χ1) is 8.69. The Morgan fingerprint density at radius 3 is 2.72 bits per heavy atom. The van der Waals surface area contributed by atoms with Crippen molar-refractivity contribution in [1.82, 2.24) is 4.98 Å². The lowest BCUT2D eigenvalue weighted by Crippen LogP contribution is -2.07. The molecule has 96 valence electrons. The van der Waals surface area contributed by atoms with Gasteiger partial charge in [-0.05, 0) is 31.0 Å². The summed E-state index contributed by atoms with van der Waals surface area (Å²) in [6, 6.07) is 8.27. The molecule has 0 aliphatic carbocycles. The van der Waals surface area contributed by atoms with Gasteiger partial charge in [-0.15, -0.1) is 11.3 Å². The van der Waals surface area contributed by atoms with E-state index < -0.39 is 0 Å². The highest BCUT2D eigenvalue weighted by molar-refractivity contribution is 9.10. The van der Waals surface area contributed by atoms with Crippen molar-refractivity contribution in [2.24, 2.45) is 11.7 Å². The van der Waals surface area contributed by atoms with Crippen LogP contribution in [0.3, 0.4) is 0 Å². The molecule has 0 saturated carbocycles. The van der Waals surface area contributed by atoms with Gasteiger partial charge >= 0.3 is 0 Å². The molecule has 1 atom stereocenters. The molecule has 0 aliphatic heterocycles. The third-order valence-corrected chi connectivity index (χ3v) is 4.27. The minimum atomic E-state index is 0.610. The van der Waals surface area contributed by atoms with Crippen LogP contribution in [0.15, 0.2) is 34.1 Å². The average Bonchev–Trinajstić information content (AvgIpc) is 2.78. The number of aromatic nitrogens is 1. The molecule has 2 N–H and O–H groups in total. The Kier molecular flexibility index (Phi) is 4.92. The molecule has 0 amide bonds. The predicted molar refractivity (Wildman–Crippen MR) is 81.8 cm³/mol. The molecule has 18 heavy (non-hydrogen) atoms. The highest BCUT2D eigenvalue weighted by Gasteiger charge is 2.08. The second kappa shape index (κ2) is 6.45. The molecule has 0 fully saturated rings. The Balaban J connectivity index is 2.08. The molecule has 0 radical (unpaired) electrons. The topological polar surface area (TPSA) is 38.9 Å². The number of hydrogen-bond acceptors (Lipinski definition) is 3. The van der Waals surface area contributed by atoms with Crippen molar-refractivity contribution in [3.8, 4) is 11.3 Å². The third-order valence-electron chi connectivity index (χ3n) is 2.87. The van der Waals surface area contributed by atoms with E-state index in [1.54, 1.807) is 11.3 Å². The summed E-state index contributed by atoms with van der Waals surface area (Å²) in [6.07, 6.45) is 2.09. The van der Waals surface area contributed by atoms with E-state index in [0.29, 0.717) is 5.92 Å². The Morgan fingerprint density at radius 1 is 1.33 bits per heavy atom. The van der Waals surface area contributed by atoms with Gasteiger partial charge in [0, 0.05) is 21.8 Å². The molecule has 0 aliphatic rings. The normalized spacial score (nSPS) is 12.6. The van der Waals surface area contributed by atoms with E-state index >= 15 is 0 Å². The zero-order valence-corrected chi connectivity index (χ0v) is 12.8. The van der Waals surface area contributed by atoms with Crippen molar-refractivity contribution >= 4 is 27.3 Å². The van der Waals surface area contributed by atoms with Gasteiger partial charge in [0.15, 0.2) is 0 Å². The lowest BCUT2D eigenvalue weighted by Gasteiger charge is -2.06. The zero-order valence-electron chi connectivity index (χ0n) is 10.4. The van der Waals surface area contributed by atoms with E-state index in [0.717, 1.165) is 29.6 Å². The maximum Gasteiger partial charge on any atom is 0.0935 e. The van der Waals surface area contributed by atoms with Crippen LogP contribution in [0.1, 0.15) is 18.4 Å². The summed E-state index contributed by atoms with van der Waals surface area (Å²) in [5, 5.41) is 3.34. The molecule has 4 heteroatoms. The monoisotopic (exact) mass is 324 g/mol. The molecule has 1 aromatic carbocycles. The molecule has 2 nitrogen and oxygen atoms in total. The Bertz CT molecular complexity index is 493. The van der Waals surface area contributed by atoms with Gasteiger partial charge in [-0.25, -0.2) is 4.98 Å². The second-order valence-electron chi connectivity index (χ2n) is 4.52. The highest BCUT2D eigenvalue weighted by Crippen LogP contribution is 2.25.